The highest BCUT2D eigenvalue weighted by atomic mass is 35.5. The Balaban J connectivity index is 1.56. The highest BCUT2D eigenvalue weighted by molar-refractivity contribution is 7.92. The summed E-state index contributed by atoms with van der Waals surface area (Å²) in [5, 5.41) is 3.02. The van der Waals surface area contributed by atoms with Gasteiger partial charge < -0.3 is 14.8 Å². The zero-order valence-electron chi connectivity index (χ0n) is 17.9. The van der Waals surface area contributed by atoms with E-state index in [0.717, 1.165) is 5.56 Å². The predicted molar refractivity (Wildman–Crippen MR) is 127 cm³/mol. The minimum atomic E-state index is -4.02. The highest BCUT2D eigenvalue weighted by Crippen LogP contribution is 2.38. The van der Waals surface area contributed by atoms with Gasteiger partial charge in [0.15, 0.2) is 6.10 Å². The molecule has 0 radical (unpaired) electrons. The summed E-state index contributed by atoms with van der Waals surface area (Å²) < 4.78 is 39.2. The van der Waals surface area contributed by atoms with Crippen LogP contribution in [0.1, 0.15) is 5.56 Å². The Morgan fingerprint density at radius 2 is 1.85 bits per heavy atom. The number of hydrogen-bond acceptors (Lipinski definition) is 5. The van der Waals surface area contributed by atoms with Crippen LogP contribution in [0.4, 0.5) is 5.69 Å². The van der Waals surface area contributed by atoms with Crippen LogP contribution in [0.3, 0.4) is 0 Å². The van der Waals surface area contributed by atoms with E-state index in [1.54, 1.807) is 24.3 Å². The van der Waals surface area contributed by atoms with Crippen LogP contribution in [0.2, 0.25) is 5.02 Å². The molecule has 0 saturated carbocycles. The quantitative estimate of drug-likeness (QED) is 0.551. The Kier molecular flexibility index (Phi) is 6.76. The highest BCUT2D eigenvalue weighted by Gasteiger charge is 2.37. The van der Waals surface area contributed by atoms with E-state index in [9.17, 15) is 13.2 Å². The van der Waals surface area contributed by atoms with Gasteiger partial charge in [0.05, 0.1) is 29.3 Å². The van der Waals surface area contributed by atoms with E-state index in [1.807, 2.05) is 30.3 Å². The van der Waals surface area contributed by atoms with E-state index in [1.165, 1.54) is 29.6 Å². The van der Waals surface area contributed by atoms with Crippen LogP contribution in [0.25, 0.3) is 0 Å². The summed E-state index contributed by atoms with van der Waals surface area (Å²) in [5.41, 5.74) is 1.45. The van der Waals surface area contributed by atoms with Crippen LogP contribution in [0.15, 0.2) is 77.7 Å². The molecule has 4 rings (SSSR count). The predicted octanol–water partition coefficient (Wildman–Crippen LogP) is 3.66. The molecule has 0 aromatic heterocycles. The first-order valence-electron chi connectivity index (χ1n) is 10.3. The number of methoxy groups -OCH3 is 1. The molecule has 1 atom stereocenters. The molecule has 0 fully saturated rings. The number of rotatable bonds is 7. The Labute approximate surface area is 197 Å². The number of ether oxygens (including phenoxy) is 2. The fraction of sp³-hybridized carbons (Fsp3) is 0.208. The lowest BCUT2D eigenvalue weighted by molar-refractivity contribution is -0.127. The van der Waals surface area contributed by atoms with Gasteiger partial charge in [-0.2, -0.15) is 0 Å². The maximum Gasteiger partial charge on any atom is 0.264 e. The van der Waals surface area contributed by atoms with Gasteiger partial charge in [-0.15, -0.1) is 0 Å². The third kappa shape index (κ3) is 4.91. The Morgan fingerprint density at radius 3 is 2.58 bits per heavy atom. The Bertz CT molecular complexity index is 1250. The fourth-order valence-electron chi connectivity index (χ4n) is 3.59. The lowest BCUT2D eigenvalue weighted by Crippen LogP contribution is -2.51. The van der Waals surface area contributed by atoms with Gasteiger partial charge in [0.1, 0.15) is 11.5 Å². The van der Waals surface area contributed by atoms with E-state index >= 15 is 0 Å². The van der Waals surface area contributed by atoms with Gasteiger partial charge in [-0.1, -0.05) is 54.1 Å². The van der Waals surface area contributed by atoms with Gasteiger partial charge >= 0.3 is 0 Å². The van der Waals surface area contributed by atoms with E-state index in [2.05, 4.69) is 5.32 Å². The van der Waals surface area contributed by atoms with Gasteiger partial charge in [0.2, 0.25) is 0 Å². The first-order valence-corrected chi connectivity index (χ1v) is 12.2. The fourth-order valence-corrected chi connectivity index (χ4v) is 5.41. The van der Waals surface area contributed by atoms with Crippen molar-refractivity contribution >= 4 is 33.2 Å². The lowest BCUT2D eigenvalue weighted by Gasteiger charge is -2.34. The van der Waals surface area contributed by atoms with Gasteiger partial charge in [0.25, 0.3) is 15.9 Å². The third-order valence-corrected chi connectivity index (χ3v) is 7.37. The van der Waals surface area contributed by atoms with E-state index in [4.69, 9.17) is 21.1 Å². The van der Waals surface area contributed by atoms with Crippen molar-refractivity contribution in [1.29, 1.82) is 0 Å². The standard InChI is InChI=1S/C24H23ClN2O5S/c1-31-21-12-11-18(15-19(21)25)33(29,30)27-16-23(32-22-10-6-5-9-20(22)27)24(28)26-14-13-17-7-3-2-4-8-17/h2-12,15,23H,13-14,16H2,1H3,(H,26,28)/t23-/m1/s1. The normalized spacial score (nSPS) is 15.3. The number of anilines is 1. The number of amides is 1. The summed E-state index contributed by atoms with van der Waals surface area (Å²) in [6, 6.07) is 20.7. The molecule has 1 aliphatic rings. The average molecular weight is 487 g/mol. The minimum absolute atomic E-state index is 0.00626. The molecule has 3 aromatic carbocycles. The lowest BCUT2D eigenvalue weighted by atomic mass is 10.1. The molecule has 3 aromatic rings. The number of nitrogens with one attached hydrogen (secondary N) is 1. The summed E-state index contributed by atoms with van der Waals surface area (Å²) in [4.78, 5) is 12.8. The van der Waals surface area contributed by atoms with Crippen molar-refractivity contribution in [1.82, 2.24) is 5.32 Å². The number of carbonyl (C=O) groups is 1. The second-order valence-corrected chi connectivity index (χ2v) is 9.70. The van der Waals surface area contributed by atoms with Crippen molar-refractivity contribution in [3.05, 3.63) is 83.4 Å². The summed E-state index contributed by atoms with van der Waals surface area (Å²) in [7, 11) is -2.57. The second-order valence-electron chi connectivity index (χ2n) is 7.43. The monoisotopic (exact) mass is 486 g/mol. The third-order valence-electron chi connectivity index (χ3n) is 5.29. The number of nitrogens with zero attached hydrogens (tertiary/aromatic N) is 1. The Morgan fingerprint density at radius 1 is 1.12 bits per heavy atom. The molecule has 0 saturated heterocycles. The van der Waals surface area contributed by atoms with Crippen LogP contribution in [-0.4, -0.2) is 40.6 Å². The number of fused-ring (bicyclic) bond motifs is 1. The molecule has 1 heterocycles. The SMILES string of the molecule is COc1ccc(S(=O)(=O)N2C[C@H](C(=O)NCCc3ccccc3)Oc3ccccc32)cc1Cl. The van der Waals surface area contributed by atoms with Gasteiger partial charge in [-0.3, -0.25) is 9.10 Å². The number of benzene rings is 3. The van der Waals surface area contributed by atoms with Gasteiger partial charge in [0, 0.05) is 6.54 Å². The Hall–Kier alpha value is -3.23. The average Bonchev–Trinajstić information content (AvgIpc) is 2.83. The summed E-state index contributed by atoms with van der Waals surface area (Å²) in [5.74, 6) is 0.303. The van der Waals surface area contributed by atoms with Crippen LogP contribution in [0.5, 0.6) is 11.5 Å². The molecule has 0 bridgehead atoms. The first kappa shape index (κ1) is 22.9. The number of hydrogen-bond donors (Lipinski definition) is 1. The molecule has 0 aliphatic carbocycles. The van der Waals surface area contributed by atoms with Crippen LogP contribution in [-0.2, 0) is 21.2 Å². The maximum absolute atomic E-state index is 13.5. The summed E-state index contributed by atoms with van der Waals surface area (Å²) in [6.07, 6.45) is -0.346. The molecule has 1 N–H and O–H groups in total. The molecule has 9 heteroatoms. The van der Waals surface area contributed by atoms with E-state index in [0.29, 0.717) is 30.2 Å². The van der Waals surface area contributed by atoms with Crippen LogP contribution < -0.4 is 19.1 Å². The number of sulfonamides is 1. The second kappa shape index (κ2) is 9.72. The van der Waals surface area contributed by atoms with Gasteiger partial charge in [-0.25, -0.2) is 8.42 Å². The molecule has 0 unspecified atom stereocenters. The molecular formula is C24H23ClN2O5S. The van der Waals surface area contributed by atoms with Gasteiger partial charge in [-0.05, 0) is 42.3 Å². The molecule has 172 valence electrons. The van der Waals surface area contributed by atoms with E-state index in [-0.39, 0.29) is 22.4 Å². The molecule has 1 amide bonds. The largest absolute Gasteiger partial charge is 0.495 e. The molecule has 0 spiro atoms. The molecule has 1 aliphatic heterocycles. The molecule has 33 heavy (non-hydrogen) atoms. The van der Waals surface area contributed by atoms with Crippen molar-refractivity contribution in [2.45, 2.75) is 17.4 Å². The van der Waals surface area contributed by atoms with Crippen molar-refractivity contribution in [3.8, 4) is 11.5 Å². The van der Waals surface area contributed by atoms with Crippen molar-refractivity contribution in [3.63, 3.8) is 0 Å². The maximum atomic E-state index is 13.5. The van der Waals surface area contributed by atoms with Crippen LogP contribution in [0, 0.1) is 0 Å². The topological polar surface area (TPSA) is 84.9 Å². The van der Waals surface area contributed by atoms with Crippen molar-refractivity contribution < 1.29 is 22.7 Å². The van der Waals surface area contributed by atoms with E-state index < -0.39 is 16.1 Å². The number of para-hydroxylation sites is 2. The van der Waals surface area contributed by atoms with Crippen molar-refractivity contribution in [2.24, 2.45) is 0 Å². The van der Waals surface area contributed by atoms with Crippen LogP contribution >= 0.6 is 11.6 Å². The number of carbonyl (C=O) groups excluding carboxylic acids is 1. The zero-order chi connectivity index (χ0) is 23.4. The summed E-state index contributed by atoms with van der Waals surface area (Å²) in [6.45, 7) is 0.241. The molecule has 7 nitrogen and oxygen atoms in total. The molecular weight excluding hydrogens is 464 g/mol. The van der Waals surface area contributed by atoms with Crippen molar-refractivity contribution in [2.75, 3.05) is 24.5 Å². The minimum Gasteiger partial charge on any atom is -0.495 e. The first-order chi connectivity index (χ1) is 15.9. The zero-order valence-corrected chi connectivity index (χ0v) is 19.5. The summed E-state index contributed by atoms with van der Waals surface area (Å²) >= 11 is 6.16. The smallest absolute Gasteiger partial charge is 0.264 e. The number of halogens is 1.